The standard InChI is InChI=1S/C22H21BrN4O5/c1-3-31-18-10-14(8-15(11-24)21(29)27-22(25)30)9-17(23)20(18)32-12-19(28)26-16-6-4-13(2)5-7-16/h4-10H,3,12H2,1-2H3,(H,26,28)(H3,25,27,29,30)/b15-8-. The van der Waals surface area contributed by atoms with Gasteiger partial charge >= 0.3 is 6.03 Å². The average Bonchev–Trinajstić information content (AvgIpc) is 2.72. The number of hydrogen-bond acceptors (Lipinski definition) is 6. The van der Waals surface area contributed by atoms with Crippen molar-refractivity contribution in [2.75, 3.05) is 18.5 Å². The molecule has 2 aromatic carbocycles. The van der Waals surface area contributed by atoms with Gasteiger partial charge in [0.05, 0.1) is 11.1 Å². The van der Waals surface area contributed by atoms with E-state index < -0.39 is 11.9 Å². The van der Waals surface area contributed by atoms with E-state index >= 15 is 0 Å². The molecule has 0 aliphatic rings. The summed E-state index contributed by atoms with van der Waals surface area (Å²) >= 11 is 3.36. The van der Waals surface area contributed by atoms with Gasteiger partial charge in [0.25, 0.3) is 11.8 Å². The molecule has 0 bridgehead atoms. The normalized spacial score (nSPS) is 10.6. The summed E-state index contributed by atoms with van der Waals surface area (Å²) in [6, 6.07) is 11.1. The summed E-state index contributed by atoms with van der Waals surface area (Å²) in [6.45, 7) is 3.75. The van der Waals surface area contributed by atoms with Crippen molar-refractivity contribution in [2.24, 2.45) is 5.73 Å². The number of nitriles is 1. The number of nitrogens with zero attached hydrogens (tertiary/aromatic N) is 1. The lowest BCUT2D eigenvalue weighted by Gasteiger charge is -2.15. The molecular weight excluding hydrogens is 480 g/mol. The molecule has 2 rings (SSSR count). The number of hydrogen-bond donors (Lipinski definition) is 3. The smallest absolute Gasteiger partial charge is 0.319 e. The summed E-state index contributed by atoms with van der Waals surface area (Å²) in [5.41, 5.74) is 6.73. The van der Waals surface area contributed by atoms with Gasteiger partial charge in [-0.25, -0.2) is 4.79 Å². The van der Waals surface area contributed by atoms with Gasteiger partial charge < -0.3 is 20.5 Å². The molecule has 0 spiro atoms. The van der Waals surface area contributed by atoms with Crippen LogP contribution in [0.5, 0.6) is 11.5 Å². The number of carbonyl (C=O) groups is 3. The number of benzene rings is 2. The second-order valence-corrected chi connectivity index (χ2v) is 7.31. The van der Waals surface area contributed by atoms with Crippen LogP contribution in [0.25, 0.3) is 6.08 Å². The minimum Gasteiger partial charge on any atom is -0.490 e. The minimum absolute atomic E-state index is 0.272. The molecule has 4 N–H and O–H groups in total. The SMILES string of the molecule is CCOc1cc(/C=C(/C#N)C(=O)NC(N)=O)cc(Br)c1OCC(=O)Nc1ccc(C)cc1. The first-order chi connectivity index (χ1) is 15.2. The Hall–Kier alpha value is -3.84. The lowest BCUT2D eigenvalue weighted by Crippen LogP contribution is -2.35. The zero-order valence-electron chi connectivity index (χ0n) is 17.4. The van der Waals surface area contributed by atoms with Crippen LogP contribution < -0.4 is 25.8 Å². The molecule has 0 unspecified atom stereocenters. The summed E-state index contributed by atoms with van der Waals surface area (Å²) in [4.78, 5) is 35.0. The van der Waals surface area contributed by atoms with E-state index in [2.05, 4.69) is 21.2 Å². The second-order valence-electron chi connectivity index (χ2n) is 6.45. The van der Waals surface area contributed by atoms with E-state index in [9.17, 15) is 19.6 Å². The van der Waals surface area contributed by atoms with E-state index in [1.807, 2.05) is 24.4 Å². The molecule has 0 radical (unpaired) electrons. The summed E-state index contributed by atoms with van der Waals surface area (Å²) in [6.07, 6.45) is 1.26. The van der Waals surface area contributed by atoms with Crippen molar-refractivity contribution in [3.8, 4) is 17.6 Å². The van der Waals surface area contributed by atoms with E-state index in [0.717, 1.165) is 5.56 Å². The maximum Gasteiger partial charge on any atom is 0.319 e. The number of anilines is 1. The van der Waals surface area contributed by atoms with Crippen LogP contribution in [-0.2, 0) is 9.59 Å². The van der Waals surface area contributed by atoms with Gasteiger partial charge in [0.15, 0.2) is 18.1 Å². The number of nitrogens with two attached hydrogens (primary N) is 1. The zero-order chi connectivity index (χ0) is 23.7. The van der Waals surface area contributed by atoms with Crippen LogP contribution in [0.2, 0.25) is 0 Å². The molecule has 32 heavy (non-hydrogen) atoms. The monoisotopic (exact) mass is 500 g/mol. The maximum atomic E-state index is 12.2. The molecule has 0 aliphatic carbocycles. The van der Waals surface area contributed by atoms with Crippen LogP contribution >= 0.6 is 15.9 Å². The average molecular weight is 501 g/mol. The number of primary amides is 1. The highest BCUT2D eigenvalue weighted by atomic mass is 79.9. The highest BCUT2D eigenvalue weighted by molar-refractivity contribution is 9.10. The van der Waals surface area contributed by atoms with Gasteiger partial charge in [-0.1, -0.05) is 17.7 Å². The van der Waals surface area contributed by atoms with E-state index in [1.54, 1.807) is 31.2 Å². The van der Waals surface area contributed by atoms with Crippen molar-refractivity contribution in [2.45, 2.75) is 13.8 Å². The van der Waals surface area contributed by atoms with Crippen molar-refractivity contribution >= 4 is 45.5 Å². The first-order valence-electron chi connectivity index (χ1n) is 9.41. The molecule has 10 heteroatoms. The van der Waals surface area contributed by atoms with E-state index in [1.165, 1.54) is 12.1 Å². The minimum atomic E-state index is -1.07. The number of halogens is 1. The van der Waals surface area contributed by atoms with Crippen LogP contribution in [0.4, 0.5) is 10.5 Å². The Balaban J connectivity index is 2.21. The molecule has 9 nitrogen and oxygen atoms in total. The predicted molar refractivity (Wildman–Crippen MR) is 122 cm³/mol. The number of ether oxygens (including phenoxy) is 2. The Morgan fingerprint density at radius 2 is 1.88 bits per heavy atom. The summed E-state index contributed by atoms with van der Waals surface area (Å²) in [5.74, 6) is -0.712. The first-order valence-corrected chi connectivity index (χ1v) is 10.2. The zero-order valence-corrected chi connectivity index (χ0v) is 19.0. The fourth-order valence-corrected chi connectivity index (χ4v) is 3.11. The first kappa shape index (κ1) is 24.4. The molecule has 0 fully saturated rings. The maximum absolute atomic E-state index is 12.2. The Morgan fingerprint density at radius 1 is 1.19 bits per heavy atom. The number of nitrogens with one attached hydrogen (secondary N) is 2. The fraction of sp³-hybridized carbons (Fsp3) is 0.182. The Kier molecular flexibility index (Phi) is 8.80. The molecule has 0 saturated heterocycles. The molecule has 4 amide bonds. The fourth-order valence-electron chi connectivity index (χ4n) is 2.54. The van der Waals surface area contributed by atoms with E-state index in [4.69, 9.17) is 15.2 Å². The molecule has 166 valence electrons. The van der Waals surface area contributed by atoms with Gasteiger partial charge in [-0.3, -0.25) is 14.9 Å². The lowest BCUT2D eigenvalue weighted by molar-refractivity contribution is -0.118. The van der Waals surface area contributed by atoms with Gasteiger partial charge in [0, 0.05) is 5.69 Å². The van der Waals surface area contributed by atoms with Gasteiger partial charge in [0.2, 0.25) is 0 Å². The van der Waals surface area contributed by atoms with Gasteiger partial charge in [0.1, 0.15) is 11.6 Å². The molecule has 2 aromatic rings. The van der Waals surface area contributed by atoms with Crippen molar-refractivity contribution in [1.29, 1.82) is 5.26 Å². The van der Waals surface area contributed by atoms with E-state index in [0.29, 0.717) is 28.1 Å². The number of urea groups is 1. The molecule has 0 saturated carbocycles. The number of carbonyl (C=O) groups excluding carboxylic acids is 3. The molecule has 0 aromatic heterocycles. The third-order valence-corrected chi connectivity index (χ3v) is 4.52. The Morgan fingerprint density at radius 3 is 2.47 bits per heavy atom. The van der Waals surface area contributed by atoms with Crippen molar-refractivity contribution in [1.82, 2.24) is 5.32 Å². The second kappa shape index (κ2) is 11.5. The van der Waals surface area contributed by atoms with Crippen LogP contribution in [0.1, 0.15) is 18.1 Å². The number of amides is 4. The van der Waals surface area contributed by atoms with Crippen molar-refractivity contribution in [3.05, 3.63) is 57.6 Å². The van der Waals surface area contributed by atoms with Gasteiger partial charge in [-0.2, -0.15) is 5.26 Å². The quantitative estimate of drug-likeness (QED) is 0.374. The Labute approximate surface area is 193 Å². The lowest BCUT2D eigenvalue weighted by atomic mass is 10.1. The van der Waals surface area contributed by atoms with Gasteiger partial charge in [-0.05, 0) is 65.7 Å². The van der Waals surface area contributed by atoms with Crippen LogP contribution in [0.15, 0.2) is 46.4 Å². The van der Waals surface area contributed by atoms with Crippen LogP contribution in [0.3, 0.4) is 0 Å². The van der Waals surface area contributed by atoms with Crippen molar-refractivity contribution < 1.29 is 23.9 Å². The van der Waals surface area contributed by atoms with Crippen molar-refractivity contribution in [3.63, 3.8) is 0 Å². The van der Waals surface area contributed by atoms with E-state index in [-0.39, 0.29) is 23.8 Å². The number of aryl methyl sites for hydroxylation is 1. The highest BCUT2D eigenvalue weighted by Gasteiger charge is 2.16. The van der Waals surface area contributed by atoms with Gasteiger partial charge in [-0.15, -0.1) is 0 Å². The molecular formula is C22H21BrN4O5. The molecule has 0 aliphatic heterocycles. The number of rotatable bonds is 8. The summed E-state index contributed by atoms with van der Waals surface area (Å²) in [7, 11) is 0. The topological polar surface area (TPSA) is 144 Å². The molecule has 0 atom stereocenters. The largest absolute Gasteiger partial charge is 0.490 e. The van der Waals surface area contributed by atoms with Crippen LogP contribution in [-0.4, -0.2) is 31.1 Å². The number of imide groups is 1. The Bertz CT molecular complexity index is 1090. The summed E-state index contributed by atoms with van der Waals surface area (Å²) in [5, 5.41) is 13.8. The summed E-state index contributed by atoms with van der Waals surface area (Å²) < 4.78 is 11.7. The third-order valence-electron chi connectivity index (χ3n) is 3.93. The predicted octanol–water partition coefficient (Wildman–Crippen LogP) is 3.28. The highest BCUT2D eigenvalue weighted by Crippen LogP contribution is 2.37. The molecule has 0 heterocycles. The third kappa shape index (κ3) is 7.14. The van der Waals surface area contributed by atoms with Crippen LogP contribution in [0, 0.1) is 18.3 Å².